The molecule has 1 aromatic rings. The highest BCUT2D eigenvalue weighted by atomic mass is 35.5. The Bertz CT molecular complexity index is 452. The molecule has 16 heavy (non-hydrogen) atoms. The van der Waals surface area contributed by atoms with Crippen LogP contribution >= 0.6 is 11.6 Å². The molecule has 0 amide bonds. The lowest BCUT2D eigenvalue weighted by molar-refractivity contribution is -0.385. The van der Waals surface area contributed by atoms with Gasteiger partial charge >= 0.3 is 0 Å². The zero-order chi connectivity index (χ0) is 12.3. The number of benzene rings is 1. The van der Waals surface area contributed by atoms with Gasteiger partial charge in [-0.2, -0.15) is 0 Å². The van der Waals surface area contributed by atoms with Crippen molar-refractivity contribution in [2.24, 2.45) is 0 Å². The van der Waals surface area contributed by atoms with Crippen LogP contribution in [0.1, 0.15) is 12.5 Å². The quantitative estimate of drug-likeness (QED) is 0.485. The maximum absolute atomic E-state index is 10.8. The van der Waals surface area contributed by atoms with Gasteiger partial charge in [0.25, 0.3) is 5.69 Å². The first-order valence-electron chi connectivity index (χ1n) is 4.41. The average Bonchev–Trinajstić information content (AvgIpc) is 2.20. The van der Waals surface area contributed by atoms with Crippen molar-refractivity contribution >= 4 is 22.9 Å². The van der Waals surface area contributed by atoms with E-state index in [9.17, 15) is 15.2 Å². The Morgan fingerprint density at radius 3 is 2.62 bits per heavy atom. The van der Waals surface area contributed by atoms with Gasteiger partial charge in [-0.1, -0.05) is 11.6 Å². The van der Waals surface area contributed by atoms with Crippen molar-refractivity contribution in [2.75, 3.05) is 6.61 Å². The van der Waals surface area contributed by atoms with Crippen LogP contribution < -0.4 is 0 Å². The summed E-state index contributed by atoms with van der Waals surface area (Å²) in [5.41, 5.74) is 0.0326. The van der Waals surface area contributed by atoms with E-state index in [1.54, 1.807) is 0 Å². The zero-order valence-electron chi connectivity index (χ0n) is 8.48. The van der Waals surface area contributed by atoms with Crippen LogP contribution in [0.2, 0.25) is 5.02 Å². The van der Waals surface area contributed by atoms with E-state index in [1.165, 1.54) is 25.1 Å². The fraction of sp³-hybridized carbons (Fsp3) is 0.200. The Balaban J connectivity index is 3.44. The molecule has 1 rings (SSSR count). The van der Waals surface area contributed by atoms with Crippen LogP contribution in [0.15, 0.2) is 24.0 Å². The van der Waals surface area contributed by atoms with Gasteiger partial charge in [0.1, 0.15) is 0 Å². The third kappa shape index (κ3) is 2.50. The smallest absolute Gasteiger partial charge is 0.278 e. The van der Waals surface area contributed by atoms with Gasteiger partial charge in [-0.25, -0.2) is 0 Å². The number of hydrogen-bond donors (Lipinski definition) is 2. The van der Waals surface area contributed by atoms with E-state index in [0.717, 1.165) is 0 Å². The molecule has 0 saturated heterocycles. The summed E-state index contributed by atoms with van der Waals surface area (Å²) in [6.45, 7) is 0.870. The summed E-state index contributed by atoms with van der Waals surface area (Å²) in [4.78, 5) is 10.2. The maximum Gasteiger partial charge on any atom is 0.278 e. The van der Waals surface area contributed by atoms with Gasteiger partial charge in [-0.3, -0.25) is 10.1 Å². The molecule has 0 spiro atoms. The topological polar surface area (TPSA) is 83.6 Å². The Kier molecular flexibility index (Phi) is 3.87. The molecule has 0 bridgehead atoms. The summed E-state index contributed by atoms with van der Waals surface area (Å²) >= 11 is 5.64. The fourth-order valence-electron chi connectivity index (χ4n) is 1.31. The molecule has 6 heteroatoms. The molecule has 0 heterocycles. The molecule has 1 aromatic carbocycles. The van der Waals surface area contributed by atoms with Gasteiger partial charge in [-0.15, -0.1) is 0 Å². The van der Waals surface area contributed by atoms with Crippen molar-refractivity contribution in [3.05, 3.63) is 44.7 Å². The van der Waals surface area contributed by atoms with Crippen LogP contribution in [0, 0.1) is 10.1 Å². The molecular formula is C10H10ClNO4. The third-order valence-electron chi connectivity index (χ3n) is 2.08. The van der Waals surface area contributed by atoms with Crippen LogP contribution in [0.25, 0.3) is 5.57 Å². The monoisotopic (exact) mass is 243 g/mol. The summed E-state index contributed by atoms with van der Waals surface area (Å²) in [7, 11) is 0. The molecule has 0 atom stereocenters. The third-order valence-corrected chi connectivity index (χ3v) is 2.31. The number of halogens is 1. The molecule has 0 aliphatic rings. The molecule has 0 aliphatic carbocycles. The van der Waals surface area contributed by atoms with Gasteiger partial charge in [0.15, 0.2) is 0 Å². The molecule has 0 radical (unpaired) electrons. The lowest BCUT2D eigenvalue weighted by Crippen LogP contribution is -2.00. The van der Waals surface area contributed by atoms with E-state index >= 15 is 0 Å². The number of rotatable bonds is 3. The predicted molar refractivity (Wildman–Crippen MR) is 60.4 cm³/mol. The fourth-order valence-corrected chi connectivity index (χ4v) is 1.47. The van der Waals surface area contributed by atoms with Gasteiger partial charge < -0.3 is 10.2 Å². The average molecular weight is 244 g/mol. The second kappa shape index (κ2) is 4.96. The van der Waals surface area contributed by atoms with E-state index in [1.807, 2.05) is 0 Å². The lowest BCUT2D eigenvalue weighted by Gasteiger charge is -2.06. The van der Waals surface area contributed by atoms with Gasteiger partial charge in [0, 0.05) is 16.7 Å². The highest BCUT2D eigenvalue weighted by Gasteiger charge is 2.18. The number of allylic oxidation sites excluding steroid dienone is 1. The Morgan fingerprint density at radius 2 is 2.19 bits per heavy atom. The molecule has 5 nitrogen and oxygen atoms in total. The standard InChI is InChI=1S/C10H10ClNO4/c1-6(14)9(5-13)8-3-2-7(11)4-10(8)12(15)16/h2-4,13-14H,5H2,1H3. The number of aliphatic hydroxyl groups excluding tert-OH is 2. The van der Waals surface area contributed by atoms with Crippen molar-refractivity contribution in [2.45, 2.75) is 6.92 Å². The molecule has 0 aromatic heterocycles. The number of nitro groups is 1. The van der Waals surface area contributed by atoms with Crippen LogP contribution in [0.5, 0.6) is 0 Å². The SMILES string of the molecule is CC(O)=C(CO)c1ccc(Cl)cc1[N+](=O)[O-]. The highest BCUT2D eigenvalue weighted by Crippen LogP contribution is 2.29. The summed E-state index contributed by atoms with van der Waals surface area (Å²) in [6, 6.07) is 4.03. The van der Waals surface area contributed by atoms with Gasteiger partial charge in [0.05, 0.1) is 22.9 Å². The first kappa shape index (κ1) is 12.5. The van der Waals surface area contributed by atoms with Crippen molar-refractivity contribution < 1.29 is 15.1 Å². The summed E-state index contributed by atoms with van der Waals surface area (Å²) in [6.07, 6.45) is 0. The van der Waals surface area contributed by atoms with Crippen LogP contribution in [-0.2, 0) is 0 Å². The first-order chi connectivity index (χ1) is 7.47. The van der Waals surface area contributed by atoms with Crippen LogP contribution in [0.4, 0.5) is 5.69 Å². The molecule has 0 unspecified atom stereocenters. The largest absolute Gasteiger partial charge is 0.512 e. The molecule has 2 N–H and O–H groups in total. The van der Waals surface area contributed by atoms with Crippen molar-refractivity contribution in [3.63, 3.8) is 0 Å². The molecular weight excluding hydrogens is 234 g/mol. The first-order valence-corrected chi connectivity index (χ1v) is 4.79. The number of nitrogens with zero attached hydrogens (tertiary/aromatic N) is 1. The minimum Gasteiger partial charge on any atom is -0.512 e. The van der Waals surface area contributed by atoms with E-state index in [2.05, 4.69) is 0 Å². The second-order valence-corrected chi connectivity index (χ2v) is 3.58. The van der Waals surface area contributed by atoms with E-state index < -0.39 is 11.5 Å². The Hall–Kier alpha value is -1.59. The number of hydrogen-bond acceptors (Lipinski definition) is 4. The van der Waals surface area contributed by atoms with Crippen molar-refractivity contribution in [1.82, 2.24) is 0 Å². The van der Waals surface area contributed by atoms with Crippen LogP contribution in [-0.4, -0.2) is 21.7 Å². The normalized spacial score (nSPS) is 12.2. The molecule has 0 saturated carbocycles. The minimum atomic E-state index is -0.611. The van der Waals surface area contributed by atoms with Crippen molar-refractivity contribution in [3.8, 4) is 0 Å². The maximum atomic E-state index is 10.8. The highest BCUT2D eigenvalue weighted by molar-refractivity contribution is 6.30. The molecule has 86 valence electrons. The number of nitro benzene ring substituents is 1. The summed E-state index contributed by atoms with van der Waals surface area (Å²) in [5, 5.41) is 29.4. The zero-order valence-corrected chi connectivity index (χ0v) is 9.23. The van der Waals surface area contributed by atoms with E-state index in [4.69, 9.17) is 16.7 Å². The van der Waals surface area contributed by atoms with E-state index in [0.29, 0.717) is 0 Å². The Labute approximate surface area is 96.7 Å². The Morgan fingerprint density at radius 1 is 1.56 bits per heavy atom. The van der Waals surface area contributed by atoms with Crippen LogP contribution in [0.3, 0.4) is 0 Å². The molecule has 0 aliphatic heterocycles. The summed E-state index contributed by atoms with van der Waals surface area (Å²) < 4.78 is 0. The van der Waals surface area contributed by atoms with Gasteiger partial charge in [0.2, 0.25) is 0 Å². The molecule has 0 fully saturated rings. The second-order valence-electron chi connectivity index (χ2n) is 3.14. The van der Waals surface area contributed by atoms with Crippen molar-refractivity contribution in [1.29, 1.82) is 0 Å². The summed E-state index contributed by atoms with van der Waals surface area (Å²) in [5.74, 6) is -0.159. The predicted octanol–water partition coefficient (Wildman–Crippen LogP) is 2.53. The number of aliphatic hydroxyl groups is 2. The lowest BCUT2D eigenvalue weighted by atomic mass is 10.0. The minimum absolute atomic E-state index is 0.114. The van der Waals surface area contributed by atoms with Gasteiger partial charge in [-0.05, 0) is 19.1 Å². The van der Waals surface area contributed by atoms with E-state index in [-0.39, 0.29) is 27.6 Å².